The second-order valence-corrected chi connectivity index (χ2v) is 12.3. The van der Waals surface area contributed by atoms with Gasteiger partial charge in [-0.3, -0.25) is 24.4 Å². The predicted molar refractivity (Wildman–Crippen MR) is 159 cm³/mol. The maximum Gasteiger partial charge on any atom is 0.266 e. The van der Waals surface area contributed by atoms with E-state index in [2.05, 4.69) is 25.6 Å². The largest absolute Gasteiger partial charge is 0.349 e. The Morgan fingerprint density at radius 1 is 1.00 bits per heavy atom. The number of rotatable bonds is 9. The summed E-state index contributed by atoms with van der Waals surface area (Å²) in [6.07, 6.45) is 11.0. The molecule has 0 bridgehead atoms. The van der Waals surface area contributed by atoms with Crippen LogP contribution < -0.4 is 10.6 Å². The zero-order valence-corrected chi connectivity index (χ0v) is 24.1. The van der Waals surface area contributed by atoms with Crippen molar-refractivity contribution in [3.63, 3.8) is 0 Å². The van der Waals surface area contributed by atoms with Crippen molar-refractivity contribution in [3.05, 3.63) is 38.4 Å². The minimum atomic E-state index is -0.311. The fourth-order valence-electron chi connectivity index (χ4n) is 5.03. The Morgan fingerprint density at radius 2 is 1.72 bits per heavy atom. The van der Waals surface area contributed by atoms with Gasteiger partial charge in [0.2, 0.25) is 0 Å². The number of carbonyl (C=O) groups is 3. The topological polar surface area (TPSA) is 119 Å². The molecular weight excluding hydrogens is 532 g/mol. The van der Waals surface area contributed by atoms with Gasteiger partial charge in [0.25, 0.3) is 17.7 Å². The van der Waals surface area contributed by atoms with E-state index in [0.29, 0.717) is 31.4 Å². The molecule has 11 heteroatoms. The first-order chi connectivity index (χ1) is 18.9. The predicted octanol–water partition coefficient (Wildman–Crippen LogP) is 5.32. The highest BCUT2D eigenvalue weighted by Crippen LogP contribution is 2.36. The molecule has 2 saturated carbocycles. The monoisotopic (exact) mass is 566 g/mol. The number of fused-ring (bicyclic) bond motifs is 1. The molecule has 3 heterocycles. The minimum Gasteiger partial charge on any atom is -0.349 e. The Morgan fingerprint density at radius 3 is 2.38 bits per heavy atom. The van der Waals surface area contributed by atoms with Crippen LogP contribution in [-0.4, -0.2) is 73.3 Å². The number of nitrogens with zero attached hydrogens (tertiary/aromatic N) is 3. The Bertz CT molecular complexity index is 1410. The third-order valence-corrected chi connectivity index (χ3v) is 9.62. The van der Waals surface area contributed by atoms with Gasteiger partial charge in [0.05, 0.1) is 31.5 Å². The van der Waals surface area contributed by atoms with E-state index < -0.39 is 0 Å². The zero-order chi connectivity index (χ0) is 27.5. The van der Waals surface area contributed by atoms with Crippen LogP contribution in [0.5, 0.6) is 0 Å². The maximum atomic E-state index is 13.3. The molecule has 0 aromatic carbocycles. The number of carbonyl (C=O) groups excluding carboxylic acids is 3. The molecule has 0 aliphatic heterocycles. The van der Waals surface area contributed by atoms with E-state index in [0.717, 1.165) is 43.4 Å². The second-order valence-electron chi connectivity index (χ2n) is 10.2. The van der Waals surface area contributed by atoms with Crippen molar-refractivity contribution in [2.24, 2.45) is 9.98 Å². The number of thiophene rings is 2. The number of anilines is 1. The number of nitrogens with one attached hydrogen (secondary N) is 3. The smallest absolute Gasteiger partial charge is 0.266 e. The number of H-pyrrole nitrogens is 1. The molecule has 3 aromatic rings. The molecule has 3 amide bonds. The summed E-state index contributed by atoms with van der Waals surface area (Å²) < 4.78 is 0.675. The summed E-state index contributed by atoms with van der Waals surface area (Å²) in [7, 11) is 5.28. The second kappa shape index (κ2) is 11.8. The van der Waals surface area contributed by atoms with Gasteiger partial charge in [-0.1, -0.05) is 19.3 Å². The summed E-state index contributed by atoms with van der Waals surface area (Å²) in [6.45, 7) is 0. The Balaban J connectivity index is 1.41. The molecule has 2 aliphatic carbocycles. The number of aromatic amines is 1. The highest BCUT2D eigenvalue weighted by molar-refractivity contribution is 7.21. The molecule has 2 aliphatic rings. The summed E-state index contributed by atoms with van der Waals surface area (Å²) in [6, 6.07) is 5.86. The standard InChI is InChI=1S/C28H34N6O3S2/c1-29-14-16(15-30-2)20-11-12-21(38-20)26(35)33-25-23(27(36)31-17-9-10-17)24-19(32-25)13-22(39-24)28(37)34(3)18-7-5-4-6-8-18/h11-18,32H,4-10H2,1-3H3,(H,31,36)(H,33,35). The van der Waals surface area contributed by atoms with Crippen molar-refractivity contribution >= 4 is 68.9 Å². The van der Waals surface area contributed by atoms with E-state index >= 15 is 0 Å². The summed E-state index contributed by atoms with van der Waals surface area (Å²) >= 11 is 2.66. The zero-order valence-electron chi connectivity index (χ0n) is 22.5. The lowest BCUT2D eigenvalue weighted by molar-refractivity contribution is 0.0701. The summed E-state index contributed by atoms with van der Waals surface area (Å²) in [5, 5.41) is 5.95. The normalized spacial score (nSPS) is 17.2. The van der Waals surface area contributed by atoms with Crippen molar-refractivity contribution in [2.75, 3.05) is 26.5 Å². The van der Waals surface area contributed by atoms with Gasteiger partial charge in [0, 0.05) is 50.5 Å². The fraction of sp³-hybridized carbons (Fsp3) is 0.464. The van der Waals surface area contributed by atoms with Crippen LogP contribution in [0.25, 0.3) is 10.2 Å². The van der Waals surface area contributed by atoms with Crippen LogP contribution in [0.15, 0.2) is 28.2 Å². The van der Waals surface area contributed by atoms with Crippen LogP contribution >= 0.6 is 22.7 Å². The molecule has 0 saturated heterocycles. The van der Waals surface area contributed by atoms with Crippen molar-refractivity contribution in [1.29, 1.82) is 0 Å². The molecule has 206 valence electrons. The van der Waals surface area contributed by atoms with Gasteiger partial charge in [0.15, 0.2) is 0 Å². The average molecular weight is 567 g/mol. The third kappa shape index (κ3) is 5.99. The highest BCUT2D eigenvalue weighted by Gasteiger charge is 2.30. The van der Waals surface area contributed by atoms with E-state index in [9.17, 15) is 14.4 Å². The molecule has 0 atom stereocenters. The van der Waals surface area contributed by atoms with Crippen LogP contribution in [-0.2, 0) is 0 Å². The van der Waals surface area contributed by atoms with Crippen molar-refractivity contribution in [2.45, 2.75) is 62.9 Å². The first kappa shape index (κ1) is 27.3. The number of hydrogen-bond acceptors (Lipinski definition) is 7. The first-order valence-electron chi connectivity index (χ1n) is 13.4. The van der Waals surface area contributed by atoms with Gasteiger partial charge in [0.1, 0.15) is 5.82 Å². The SMILES string of the molecule is CN=CC(C=NC)c1ccc(C(=O)Nc2[nH]c3cc(C(=O)N(C)C4CCCCC4)sc3c2C(=O)NC2CC2)s1. The molecule has 3 N–H and O–H groups in total. The van der Waals surface area contributed by atoms with Crippen molar-refractivity contribution in [3.8, 4) is 0 Å². The van der Waals surface area contributed by atoms with Gasteiger partial charge in [-0.15, -0.1) is 22.7 Å². The van der Waals surface area contributed by atoms with Gasteiger partial charge in [-0.2, -0.15) is 0 Å². The highest BCUT2D eigenvalue weighted by atomic mass is 32.1. The molecule has 0 unspecified atom stereocenters. The molecule has 0 radical (unpaired) electrons. The number of amides is 3. The molecular formula is C28H34N6O3S2. The first-order valence-corrected chi connectivity index (χ1v) is 15.0. The van der Waals surface area contributed by atoms with Crippen LogP contribution in [0.2, 0.25) is 0 Å². The number of aliphatic imine (C=N–C) groups is 2. The van der Waals surface area contributed by atoms with Gasteiger partial charge in [-0.05, 0) is 43.9 Å². The molecule has 9 nitrogen and oxygen atoms in total. The van der Waals surface area contributed by atoms with Gasteiger partial charge < -0.3 is 20.5 Å². The minimum absolute atomic E-state index is 0.0254. The van der Waals surface area contributed by atoms with E-state index in [1.54, 1.807) is 38.7 Å². The van der Waals surface area contributed by atoms with Crippen LogP contribution in [0.3, 0.4) is 0 Å². The Hall–Kier alpha value is -3.31. The lowest BCUT2D eigenvalue weighted by Gasteiger charge is -2.30. The molecule has 5 rings (SSSR count). The van der Waals surface area contributed by atoms with Crippen molar-refractivity contribution in [1.82, 2.24) is 15.2 Å². The van der Waals surface area contributed by atoms with Gasteiger partial charge in [-0.25, -0.2) is 0 Å². The molecule has 2 fully saturated rings. The van der Waals surface area contributed by atoms with E-state index in [1.807, 2.05) is 18.0 Å². The van der Waals surface area contributed by atoms with Crippen LogP contribution in [0.4, 0.5) is 5.82 Å². The summed E-state index contributed by atoms with van der Waals surface area (Å²) in [5.74, 6) is -0.344. The number of aromatic nitrogens is 1. The van der Waals surface area contributed by atoms with Crippen LogP contribution in [0, 0.1) is 0 Å². The maximum absolute atomic E-state index is 13.3. The number of hydrogen-bond donors (Lipinski definition) is 3. The Labute approximate surface area is 235 Å². The van der Waals surface area contributed by atoms with E-state index in [-0.39, 0.29) is 35.7 Å². The average Bonchev–Trinajstić information content (AvgIpc) is 3.31. The lowest BCUT2D eigenvalue weighted by Crippen LogP contribution is -2.37. The Kier molecular flexibility index (Phi) is 8.27. The van der Waals surface area contributed by atoms with Crippen LogP contribution in [0.1, 0.15) is 85.4 Å². The lowest BCUT2D eigenvalue weighted by atomic mass is 9.94. The van der Waals surface area contributed by atoms with E-state index in [4.69, 9.17) is 0 Å². The fourth-order valence-corrected chi connectivity index (χ4v) is 7.10. The quantitative estimate of drug-likeness (QED) is 0.304. The third-order valence-electron chi connectivity index (χ3n) is 7.30. The summed E-state index contributed by atoms with van der Waals surface area (Å²) in [5.41, 5.74) is 1.04. The molecule has 3 aromatic heterocycles. The van der Waals surface area contributed by atoms with Gasteiger partial charge >= 0.3 is 0 Å². The van der Waals surface area contributed by atoms with Crippen molar-refractivity contribution < 1.29 is 14.4 Å². The summed E-state index contributed by atoms with van der Waals surface area (Å²) in [4.78, 5) is 55.2. The molecule has 0 spiro atoms. The molecule has 39 heavy (non-hydrogen) atoms. The van der Waals surface area contributed by atoms with E-state index in [1.165, 1.54) is 29.1 Å².